The summed E-state index contributed by atoms with van der Waals surface area (Å²) >= 11 is 1.71. The van der Waals surface area contributed by atoms with Crippen molar-refractivity contribution in [2.45, 2.75) is 32.4 Å². The quantitative estimate of drug-likeness (QED) is 0.922. The van der Waals surface area contributed by atoms with E-state index in [0.717, 1.165) is 35.2 Å². The van der Waals surface area contributed by atoms with E-state index < -0.39 is 0 Å². The molecule has 0 amide bonds. The summed E-state index contributed by atoms with van der Waals surface area (Å²) < 4.78 is 11.9. The Kier molecular flexibility index (Phi) is 4.41. The molecule has 4 nitrogen and oxygen atoms in total. The van der Waals surface area contributed by atoms with Gasteiger partial charge in [-0.05, 0) is 25.6 Å². The van der Waals surface area contributed by atoms with Gasteiger partial charge in [-0.25, -0.2) is 4.98 Å². The van der Waals surface area contributed by atoms with Gasteiger partial charge in [0, 0.05) is 17.5 Å². The van der Waals surface area contributed by atoms with Gasteiger partial charge in [0.05, 0.1) is 11.0 Å². The van der Waals surface area contributed by atoms with Crippen molar-refractivity contribution in [3.63, 3.8) is 0 Å². The molecule has 0 saturated heterocycles. The molecule has 2 aromatic rings. The summed E-state index contributed by atoms with van der Waals surface area (Å²) in [7, 11) is 0. The van der Waals surface area contributed by atoms with Crippen LogP contribution in [0, 0.1) is 6.92 Å². The van der Waals surface area contributed by atoms with Gasteiger partial charge in [0.2, 0.25) is 0 Å². The highest BCUT2D eigenvalue weighted by Crippen LogP contribution is 2.32. The van der Waals surface area contributed by atoms with Crippen molar-refractivity contribution in [3.05, 3.63) is 40.3 Å². The molecule has 2 heterocycles. The lowest BCUT2D eigenvalue weighted by atomic mass is 10.1. The lowest BCUT2D eigenvalue weighted by Crippen LogP contribution is -2.49. The van der Waals surface area contributed by atoms with Crippen molar-refractivity contribution < 1.29 is 9.47 Å². The van der Waals surface area contributed by atoms with E-state index in [1.807, 2.05) is 31.2 Å². The minimum atomic E-state index is 0.00376. The first kappa shape index (κ1) is 14.4. The van der Waals surface area contributed by atoms with Gasteiger partial charge in [0.1, 0.15) is 12.7 Å². The van der Waals surface area contributed by atoms with Crippen LogP contribution in [-0.2, 0) is 6.42 Å². The maximum absolute atomic E-state index is 6.11. The van der Waals surface area contributed by atoms with Crippen molar-refractivity contribution in [1.82, 2.24) is 10.3 Å². The van der Waals surface area contributed by atoms with Crippen LogP contribution in [0.2, 0.25) is 0 Å². The Balaban J connectivity index is 1.72. The van der Waals surface area contributed by atoms with Crippen LogP contribution < -0.4 is 14.8 Å². The molecule has 1 N–H and O–H groups in total. The van der Waals surface area contributed by atoms with Crippen LogP contribution >= 0.6 is 11.3 Å². The van der Waals surface area contributed by atoms with Crippen LogP contribution in [0.5, 0.6) is 11.5 Å². The molecular formula is C16H20N2O2S. The third kappa shape index (κ3) is 3.36. The van der Waals surface area contributed by atoms with E-state index in [9.17, 15) is 0 Å². The Hall–Kier alpha value is -1.59. The molecule has 0 spiro atoms. The normalized spacial score (nSPS) is 18.5. The summed E-state index contributed by atoms with van der Waals surface area (Å²) in [4.78, 5) is 4.55. The van der Waals surface area contributed by atoms with E-state index >= 15 is 0 Å². The molecule has 5 heteroatoms. The van der Waals surface area contributed by atoms with Crippen molar-refractivity contribution in [3.8, 4) is 11.5 Å². The molecule has 1 aliphatic rings. The molecule has 1 aromatic carbocycles. The van der Waals surface area contributed by atoms with Gasteiger partial charge in [0.25, 0.3) is 0 Å². The number of aromatic nitrogens is 1. The fraction of sp³-hybridized carbons (Fsp3) is 0.438. The highest BCUT2D eigenvalue weighted by atomic mass is 32.1. The fourth-order valence-electron chi connectivity index (χ4n) is 2.52. The fourth-order valence-corrected chi connectivity index (χ4v) is 3.35. The Morgan fingerprint density at radius 1 is 1.38 bits per heavy atom. The van der Waals surface area contributed by atoms with Gasteiger partial charge < -0.3 is 14.8 Å². The molecule has 0 bridgehead atoms. The largest absolute Gasteiger partial charge is 0.486 e. The number of hydrogen-bond donors (Lipinski definition) is 1. The molecule has 0 radical (unpaired) electrons. The molecule has 0 fully saturated rings. The van der Waals surface area contributed by atoms with Crippen molar-refractivity contribution in [2.75, 3.05) is 13.2 Å². The van der Waals surface area contributed by atoms with E-state index in [4.69, 9.17) is 9.47 Å². The monoisotopic (exact) mass is 304 g/mol. The minimum Gasteiger partial charge on any atom is -0.486 e. The number of rotatable bonds is 5. The molecule has 3 rings (SSSR count). The van der Waals surface area contributed by atoms with E-state index in [1.165, 1.54) is 0 Å². The Morgan fingerprint density at radius 3 is 2.90 bits per heavy atom. The standard InChI is InChI=1S/C16H20N2O2S/c1-3-17-12(8-16-18-11(2)10-21-16)15-9-19-13-6-4-5-7-14(13)20-15/h4-7,10,12,15,17H,3,8-9H2,1-2H3. The van der Waals surface area contributed by atoms with Crippen LogP contribution in [-0.4, -0.2) is 30.3 Å². The number of aryl methyl sites for hydroxylation is 1. The zero-order valence-corrected chi connectivity index (χ0v) is 13.2. The van der Waals surface area contributed by atoms with Crippen LogP contribution in [0.3, 0.4) is 0 Å². The molecule has 1 aromatic heterocycles. The second-order valence-corrected chi connectivity index (χ2v) is 6.11. The Morgan fingerprint density at radius 2 is 2.19 bits per heavy atom. The number of benzene rings is 1. The predicted octanol–water partition coefficient (Wildman–Crippen LogP) is 2.81. The summed E-state index contributed by atoms with van der Waals surface area (Å²) in [5, 5.41) is 6.73. The van der Waals surface area contributed by atoms with Crippen LogP contribution in [0.25, 0.3) is 0 Å². The van der Waals surface area contributed by atoms with E-state index in [-0.39, 0.29) is 12.1 Å². The molecule has 0 saturated carbocycles. The van der Waals surface area contributed by atoms with Crippen LogP contribution in [0.4, 0.5) is 0 Å². The molecule has 2 unspecified atom stereocenters. The zero-order valence-electron chi connectivity index (χ0n) is 12.3. The highest BCUT2D eigenvalue weighted by Gasteiger charge is 2.29. The lowest BCUT2D eigenvalue weighted by molar-refractivity contribution is 0.0624. The number of nitrogens with one attached hydrogen (secondary N) is 1. The van der Waals surface area contributed by atoms with E-state index in [2.05, 4.69) is 22.6 Å². The van der Waals surface area contributed by atoms with Gasteiger partial charge in [0.15, 0.2) is 11.5 Å². The Labute approximate surface area is 129 Å². The molecule has 21 heavy (non-hydrogen) atoms. The Bertz CT molecular complexity index is 599. The maximum Gasteiger partial charge on any atom is 0.161 e. The second-order valence-electron chi connectivity index (χ2n) is 5.16. The van der Waals surface area contributed by atoms with Gasteiger partial charge in [-0.2, -0.15) is 0 Å². The topological polar surface area (TPSA) is 43.4 Å². The van der Waals surface area contributed by atoms with E-state index in [0.29, 0.717) is 6.61 Å². The average molecular weight is 304 g/mol. The first-order valence-electron chi connectivity index (χ1n) is 7.29. The first-order valence-corrected chi connectivity index (χ1v) is 8.17. The number of hydrogen-bond acceptors (Lipinski definition) is 5. The molecule has 1 aliphatic heterocycles. The SMILES string of the molecule is CCNC(Cc1nc(C)cs1)C1COc2ccccc2O1. The third-order valence-corrected chi connectivity index (χ3v) is 4.50. The third-order valence-electron chi connectivity index (χ3n) is 3.51. The number of ether oxygens (including phenoxy) is 2. The average Bonchev–Trinajstić information content (AvgIpc) is 2.91. The summed E-state index contributed by atoms with van der Waals surface area (Å²) in [6, 6.07) is 8.03. The van der Waals surface area contributed by atoms with Crippen molar-refractivity contribution in [1.29, 1.82) is 0 Å². The van der Waals surface area contributed by atoms with Gasteiger partial charge in [-0.1, -0.05) is 19.1 Å². The smallest absolute Gasteiger partial charge is 0.161 e. The van der Waals surface area contributed by atoms with Gasteiger partial charge in [-0.15, -0.1) is 11.3 Å². The highest BCUT2D eigenvalue weighted by molar-refractivity contribution is 7.09. The van der Waals surface area contributed by atoms with Crippen LogP contribution in [0.1, 0.15) is 17.6 Å². The molecule has 2 atom stereocenters. The summed E-state index contributed by atoms with van der Waals surface area (Å²) in [6.45, 7) is 5.60. The minimum absolute atomic E-state index is 0.00376. The maximum atomic E-state index is 6.11. The van der Waals surface area contributed by atoms with Crippen LogP contribution in [0.15, 0.2) is 29.6 Å². The number of thiazole rings is 1. The number of fused-ring (bicyclic) bond motifs is 1. The molecular weight excluding hydrogens is 284 g/mol. The zero-order chi connectivity index (χ0) is 14.7. The van der Waals surface area contributed by atoms with Gasteiger partial charge in [-0.3, -0.25) is 0 Å². The number of likely N-dealkylation sites (N-methyl/N-ethyl adjacent to an activating group) is 1. The number of nitrogens with zero attached hydrogens (tertiary/aromatic N) is 1. The van der Waals surface area contributed by atoms with E-state index in [1.54, 1.807) is 11.3 Å². The molecule has 112 valence electrons. The van der Waals surface area contributed by atoms with Crippen molar-refractivity contribution in [2.24, 2.45) is 0 Å². The number of para-hydroxylation sites is 2. The second kappa shape index (κ2) is 6.45. The first-order chi connectivity index (χ1) is 10.3. The van der Waals surface area contributed by atoms with Gasteiger partial charge >= 0.3 is 0 Å². The molecule has 0 aliphatic carbocycles. The lowest BCUT2D eigenvalue weighted by Gasteiger charge is -2.32. The summed E-state index contributed by atoms with van der Waals surface area (Å²) in [5.41, 5.74) is 1.08. The predicted molar refractivity (Wildman–Crippen MR) is 84.4 cm³/mol. The summed E-state index contributed by atoms with van der Waals surface area (Å²) in [6.07, 6.45) is 0.867. The van der Waals surface area contributed by atoms with Crippen molar-refractivity contribution >= 4 is 11.3 Å². The summed E-state index contributed by atoms with van der Waals surface area (Å²) in [5.74, 6) is 1.65.